The fourth-order valence-electron chi connectivity index (χ4n) is 2.34. The molecule has 0 unspecified atom stereocenters. The van der Waals surface area contributed by atoms with Crippen LogP contribution in [0.5, 0.6) is 0 Å². The predicted molar refractivity (Wildman–Crippen MR) is 65.5 cm³/mol. The molecule has 1 aromatic carbocycles. The molecule has 1 N–H and O–H groups in total. The molecule has 2 nitrogen and oxygen atoms in total. The Labute approximate surface area is 117 Å². The van der Waals surface area contributed by atoms with E-state index in [2.05, 4.69) is 5.32 Å². The normalized spacial score (nSPS) is 18.0. The van der Waals surface area contributed by atoms with E-state index < -0.39 is 30.2 Å². The quantitative estimate of drug-likeness (QED) is 0.678. The molecule has 0 spiro atoms. The van der Waals surface area contributed by atoms with Gasteiger partial charge in [-0.2, -0.15) is 13.2 Å². The van der Waals surface area contributed by atoms with Crippen LogP contribution >= 0.6 is 0 Å². The van der Waals surface area contributed by atoms with Crippen LogP contribution in [0.15, 0.2) is 12.1 Å². The largest absolute Gasteiger partial charge is 0.401 e. The fourth-order valence-corrected chi connectivity index (χ4v) is 2.34. The summed E-state index contributed by atoms with van der Waals surface area (Å²) >= 11 is 0. The first-order chi connectivity index (χ1) is 9.74. The zero-order valence-corrected chi connectivity index (χ0v) is 11.0. The number of hydrogen-bond acceptors (Lipinski definition) is 2. The Morgan fingerprint density at radius 1 is 1.00 bits per heavy atom. The van der Waals surface area contributed by atoms with Crippen LogP contribution in [-0.2, 0) is 0 Å². The second kappa shape index (κ2) is 6.13. The summed E-state index contributed by atoms with van der Waals surface area (Å²) in [5, 5.41) is 2.71. The number of piperidine rings is 1. The Bertz CT molecular complexity index is 494. The highest BCUT2D eigenvalue weighted by Gasteiger charge is 2.32. The molecule has 8 heteroatoms. The Kier molecular flexibility index (Phi) is 4.65. The molecule has 2 rings (SSSR count). The number of nitrogens with one attached hydrogen (secondary N) is 1. The molecule has 0 saturated carbocycles. The van der Waals surface area contributed by atoms with E-state index in [1.54, 1.807) is 0 Å². The summed E-state index contributed by atoms with van der Waals surface area (Å²) in [5.41, 5.74) is -0.178. The average Bonchev–Trinajstić information content (AvgIpc) is 2.36. The first-order valence-corrected chi connectivity index (χ1v) is 6.45. The molecule has 1 aliphatic heterocycles. The molecule has 0 radical (unpaired) electrons. The topological polar surface area (TPSA) is 15.3 Å². The van der Waals surface area contributed by atoms with E-state index in [4.69, 9.17) is 0 Å². The minimum Gasteiger partial charge on any atom is -0.380 e. The monoisotopic (exact) mass is 312 g/mol. The van der Waals surface area contributed by atoms with Gasteiger partial charge in [0.05, 0.1) is 12.2 Å². The number of halogens is 6. The van der Waals surface area contributed by atoms with Gasteiger partial charge < -0.3 is 5.32 Å². The Morgan fingerprint density at radius 2 is 1.57 bits per heavy atom. The van der Waals surface area contributed by atoms with E-state index in [-0.39, 0.29) is 24.8 Å². The standard InChI is InChI=1S/C13H14F6N2/c14-9-5-11(16)12(6-10(9)15)20-8-1-3-21(4-2-8)7-13(17,18)19/h5-6,8,20H,1-4,7H2. The summed E-state index contributed by atoms with van der Waals surface area (Å²) in [6.45, 7) is -0.551. The SMILES string of the molecule is Fc1cc(F)c(NC2CCN(CC(F)(F)F)CC2)cc1F. The van der Waals surface area contributed by atoms with E-state index in [1.807, 2.05) is 0 Å². The molecule has 0 bridgehead atoms. The molecular weight excluding hydrogens is 298 g/mol. The molecule has 0 amide bonds. The Balaban J connectivity index is 1.91. The van der Waals surface area contributed by atoms with Gasteiger partial charge in [-0.15, -0.1) is 0 Å². The second-order valence-corrected chi connectivity index (χ2v) is 5.06. The third kappa shape index (κ3) is 4.52. The van der Waals surface area contributed by atoms with Gasteiger partial charge in [0, 0.05) is 31.3 Å². The molecule has 1 heterocycles. The van der Waals surface area contributed by atoms with Crippen molar-refractivity contribution >= 4 is 5.69 Å². The summed E-state index contributed by atoms with van der Waals surface area (Å²) in [4.78, 5) is 1.26. The molecule has 1 aromatic rings. The fraction of sp³-hybridized carbons (Fsp3) is 0.538. The van der Waals surface area contributed by atoms with Crippen molar-refractivity contribution < 1.29 is 26.3 Å². The van der Waals surface area contributed by atoms with Crippen molar-refractivity contribution in [1.29, 1.82) is 0 Å². The second-order valence-electron chi connectivity index (χ2n) is 5.06. The molecule has 1 fully saturated rings. The predicted octanol–water partition coefficient (Wildman–Crippen LogP) is 3.54. The van der Waals surface area contributed by atoms with Gasteiger partial charge in [0.25, 0.3) is 0 Å². The highest BCUT2D eigenvalue weighted by Crippen LogP contribution is 2.24. The van der Waals surface area contributed by atoms with Crippen LogP contribution in [0, 0.1) is 17.5 Å². The zero-order valence-electron chi connectivity index (χ0n) is 11.0. The van der Waals surface area contributed by atoms with Gasteiger partial charge in [0.15, 0.2) is 11.6 Å². The van der Waals surface area contributed by atoms with Crippen LogP contribution in [0.25, 0.3) is 0 Å². The van der Waals surface area contributed by atoms with E-state index in [1.165, 1.54) is 4.90 Å². The summed E-state index contributed by atoms with van der Waals surface area (Å²) < 4.78 is 76.0. The first-order valence-electron chi connectivity index (χ1n) is 6.45. The van der Waals surface area contributed by atoms with E-state index in [0.29, 0.717) is 25.0 Å². The minimum absolute atomic E-state index is 0.178. The molecular formula is C13H14F6N2. The van der Waals surface area contributed by atoms with Gasteiger partial charge in [-0.05, 0) is 12.8 Å². The van der Waals surface area contributed by atoms with Crippen LogP contribution in [0.3, 0.4) is 0 Å². The van der Waals surface area contributed by atoms with Crippen molar-refractivity contribution in [1.82, 2.24) is 4.90 Å². The lowest BCUT2D eigenvalue weighted by Gasteiger charge is -2.33. The lowest BCUT2D eigenvalue weighted by molar-refractivity contribution is -0.147. The molecule has 0 aliphatic carbocycles. The van der Waals surface area contributed by atoms with Gasteiger partial charge in [0.1, 0.15) is 5.82 Å². The average molecular weight is 312 g/mol. The maximum atomic E-state index is 13.5. The van der Waals surface area contributed by atoms with Gasteiger partial charge >= 0.3 is 6.18 Å². The van der Waals surface area contributed by atoms with Crippen LogP contribution < -0.4 is 5.32 Å². The van der Waals surface area contributed by atoms with Crippen molar-refractivity contribution in [3.05, 3.63) is 29.6 Å². The zero-order chi connectivity index (χ0) is 15.6. The number of rotatable bonds is 3. The lowest BCUT2D eigenvalue weighted by atomic mass is 10.0. The molecule has 0 atom stereocenters. The summed E-state index contributed by atoms with van der Waals surface area (Å²) in [6.07, 6.45) is -3.50. The maximum absolute atomic E-state index is 13.5. The highest BCUT2D eigenvalue weighted by molar-refractivity contribution is 5.46. The number of nitrogens with zero attached hydrogens (tertiary/aromatic N) is 1. The van der Waals surface area contributed by atoms with Crippen LogP contribution in [0.1, 0.15) is 12.8 Å². The van der Waals surface area contributed by atoms with Gasteiger partial charge in [-0.25, -0.2) is 13.2 Å². The van der Waals surface area contributed by atoms with Crippen molar-refractivity contribution in [3.8, 4) is 0 Å². The van der Waals surface area contributed by atoms with Crippen molar-refractivity contribution in [2.75, 3.05) is 25.0 Å². The molecule has 1 aliphatic rings. The van der Waals surface area contributed by atoms with Crippen LogP contribution in [-0.4, -0.2) is 36.8 Å². The van der Waals surface area contributed by atoms with Crippen LogP contribution in [0.4, 0.5) is 32.0 Å². The van der Waals surface area contributed by atoms with Crippen molar-refractivity contribution in [3.63, 3.8) is 0 Å². The summed E-state index contributed by atoms with van der Waals surface area (Å²) in [6, 6.07) is 0.886. The number of anilines is 1. The van der Waals surface area contributed by atoms with Gasteiger partial charge in [-0.1, -0.05) is 0 Å². The van der Waals surface area contributed by atoms with E-state index in [0.717, 1.165) is 0 Å². The van der Waals surface area contributed by atoms with Gasteiger partial charge in [-0.3, -0.25) is 4.90 Å². The summed E-state index contributed by atoms with van der Waals surface area (Å²) in [5.74, 6) is -3.38. The number of benzene rings is 1. The number of hydrogen-bond donors (Lipinski definition) is 1. The first kappa shape index (κ1) is 15.9. The Morgan fingerprint density at radius 3 is 2.14 bits per heavy atom. The molecule has 1 saturated heterocycles. The molecule has 118 valence electrons. The lowest BCUT2D eigenvalue weighted by Crippen LogP contribution is -2.43. The maximum Gasteiger partial charge on any atom is 0.401 e. The smallest absolute Gasteiger partial charge is 0.380 e. The van der Waals surface area contributed by atoms with Crippen molar-refractivity contribution in [2.24, 2.45) is 0 Å². The number of likely N-dealkylation sites (tertiary alicyclic amines) is 1. The van der Waals surface area contributed by atoms with E-state index in [9.17, 15) is 26.3 Å². The number of alkyl halides is 3. The molecule has 0 aromatic heterocycles. The minimum atomic E-state index is -4.24. The Hall–Kier alpha value is -1.44. The van der Waals surface area contributed by atoms with Crippen molar-refractivity contribution in [2.45, 2.75) is 25.1 Å². The van der Waals surface area contributed by atoms with E-state index >= 15 is 0 Å². The van der Waals surface area contributed by atoms with Crippen LogP contribution in [0.2, 0.25) is 0 Å². The molecule has 21 heavy (non-hydrogen) atoms. The third-order valence-electron chi connectivity index (χ3n) is 3.36. The summed E-state index contributed by atoms with van der Waals surface area (Å²) in [7, 11) is 0. The van der Waals surface area contributed by atoms with Gasteiger partial charge in [0.2, 0.25) is 0 Å². The highest BCUT2D eigenvalue weighted by atomic mass is 19.4. The third-order valence-corrected chi connectivity index (χ3v) is 3.36.